The van der Waals surface area contributed by atoms with Crippen molar-refractivity contribution in [1.29, 1.82) is 0 Å². The molecule has 0 aliphatic carbocycles. The summed E-state index contributed by atoms with van der Waals surface area (Å²) in [6, 6.07) is 6.09. The van der Waals surface area contributed by atoms with Crippen LogP contribution in [0.4, 0.5) is 13.2 Å². The van der Waals surface area contributed by atoms with E-state index in [1.165, 1.54) is 12.1 Å². The summed E-state index contributed by atoms with van der Waals surface area (Å²) < 4.78 is 40.9. The molecular weight excluding hydrogens is 285 g/mol. The molecule has 1 aliphatic rings. The molecule has 0 aromatic heterocycles. The average molecular weight is 304 g/mol. The van der Waals surface area contributed by atoms with Crippen LogP contribution in [0.15, 0.2) is 24.3 Å². The third-order valence-electron chi connectivity index (χ3n) is 3.44. The van der Waals surface area contributed by atoms with Gasteiger partial charge in [-0.2, -0.15) is 0 Å². The molecule has 0 bridgehead atoms. The van der Waals surface area contributed by atoms with Gasteiger partial charge in [0.25, 0.3) is 0 Å². The van der Waals surface area contributed by atoms with Crippen LogP contribution < -0.4 is 15.4 Å². The highest BCUT2D eigenvalue weighted by Crippen LogP contribution is 2.26. The minimum absolute atomic E-state index is 0.173. The zero-order valence-corrected chi connectivity index (χ0v) is 11.5. The highest BCUT2D eigenvalue weighted by Gasteiger charge is 2.32. The molecule has 118 valence electrons. The number of benzene rings is 1. The Morgan fingerprint density at radius 1 is 1.33 bits per heavy atom. The third-order valence-corrected chi connectivity index (χ3v) is 3.44. The lowest BCUT2D eigenvalue weighted by atomic mass is 10.0. The van der Waals surface area contributed by atoms with Gasteiger partial charge in [0.15, 0.2) is 0 Å². The van der Waals surface area contributed by atoms with Gasteiger partial charge in [-0.05, 0) is 37.6 Å². The van der Waals surface area contributed by atoms with Gasteiger partial charge < -0.3 is 20.5 Å². The summed E-state index contributed by atoms with van der Waals surface area (Å²) in [6.07, 6.45) is -3.61. The molecule has 1 aliphatic heterocycles. The molecule has 2 rings (SSSR count). The molecule has 7 heteroatoms. The van der Waals surface area contributed by atoms with Crippen LogP contribution in [0.25, 0.3) is 0 Å². The molecule has 1 heterocycles. The Hall–Kier alpha value is -1.31. The summed E-state index contributed by atoms with van der Waals surface area (Å²) in [5, 5.41) is 16.2. The molecule has 21 heavy (non-hydrogen) atoms. The second-order valence-electron chi connectivity index (χ2n) is 5.23. The second kappa shape index (κ2) is 6.64. The molecule has 1 aromatic carbocycles. The highest BCUT2D eigenvalue weighted by molar-refractivity contribution is 5.33. The summed E-state index contributed by atoms with van der Waals surface area (Å²) in [5.74, 6) is -0.173. The first kappa shape index (κ1) is 16.1. The van der Waals surface area contributed by atoms with E-state index in [0.29, 0.717) is 38.0 Å². The summed E-state index contributed by atoms with van der Waals surface area (Å²) in [6.45, 7) is 2.21. The first-order chi connectivity index (χ1) is 9.88. The van der Waals surface area contributed by atoms with Crippen molar-refractivity contribution in [3.8, 4) is 5.75 Å². The second-order valence-corrected chi connectivity index (χ2v) is 5.23. The number of para-hydroxylation sites is 1. The van der Waals surface area contributed by atoms with Crippen molar-refractivity contribution in [2.24, 2.45) is 0 Å². The number of rotatable bonds is 6. The topological polar surface area (TPSA) is 53.5 Å². The maximum Gasteiger partial charge on any atom is 0.573 e. The number of halogens is 3. The van der Waals surface area contributed by atoms with E-state index in [2.05, 4.69) is 15.4 Å². The van der Waals surface area contributed by atoms with Gasteiger partial charge in [-0.1, -0.05) is 18.2 Å². The Bertz CT molecular complexity index is 460. The zero-order chi connectivity index (χ0) is 15.3. The van der Waals surface area contributed by atoms with Gasteiger partial charge in [0, 0.05) is 13.1 Å². The molecule has 0 radical (unpaired) electrons. The van der Waals surface area contributed by atoms with Crippen molar-refractivity contribution in [3.63, 3.8) is 0 Å². The Kier molecular flexibility index (Phi) is 5.08. The van der Waals surface area contributed by atoms with Crippen molar-refractivity contribution < 1.29 is 23.0 Å². The van der Waals surface area contributed by atoms with Gasteiger partial charge in [0.2, 0.25) is 0 Å². The standard InChI is InChI=1S/C14H19F3N2O2/c15-14(16,17)21-12-4-2-1-3-11(12)5-7-18-9-13(20)6-8-19-10-13/h1-4,18-20H,5-10H2/t13-/m0/s1. The summed E-state index contributed by atoms with van der Waals surface area (Å²) in [5.41, 5.74) is -0.277. The summed E-state index contributed by atoms with van der Waals surface area (Å²) >= 11 is 0. The predicted molar refractivity (Wildman–Crippen MR) is 72.1 cm³/mol. The molecule has 0 unspecified atom stereocenters. The molecule has 3 N–H and O–H groups in total. The molecule has 1 atom stereocenters. The molecule has 4 nitrogen and oxygen atoms in total. The minimum Gasteiger partial charge on any atom is -0.406 e. The maximum atomic E-state index is 12.3. The lowest BCUT2D eigenvalue weighted by molar-refractivity contribution is -0.274. The van der Waals surface area contributed by atoms with Gasteiger partial charge in [-0.25, -0.2) is 0 Å². The molecule has 0 spiro atoms. The van der Waals surface area contributed by atoms with Crippen LogP contribution in [0, 0.1) is 0 Å². The first-order valence-corrected chi connectivity index (χ1v) is 6.85. The smallest absolute Gasteiger partial charge is 0.406 e. The van der Waals surface area contributed by atoms with E-state index in [9.17, 15) is 18.3 Å². The van der Waals surface area contributed by atoms with Crippen molar-refractivity contribution in [2.75, 3.05) is 26.2 Å². The maximum absolute atomic E-state index is 12.3. The lowest BCUT2D eigenvalue weighted by Gasteiger charge is -2.21. The Labute approximate surface area is 121 Å². The Morgan fingerprint density at radius 3 is 2.76 bits per heavy atom. The fourth-order valence-electron chi connectivity index (χ4n) is 2.36. The summed E-state index contributed by atoms with van der Waals surface area (Å²) in [7, 11) is 0. The Morgan fingerprint density at radius 2 is 2.10 bits per heavy atom. The van der Waals surface area contributed by atoms with Crippen LogP contribution in [0.2, 0.25) is 0 Å². The van der Waals surface area contributed by atoms with Gasteiger partial charge >= 0.3 is 6.36 Å². The SMILES string of the molecule is O[C@]1(CNCCc2ccccc2OC(F)(F)F)CCNC1. The van der Waals surface area contributed by atoms with E-state index in [-0.39, 0.29) is 5.75 Å². The highest BCUT2D eigenvalue weighted by atomic mass is 19.4. The van der Waals surface area contributed by atoms with E-state index in [1.807, 2.05) is 0 Å². The number of nitrogens with one attached hydrogen (secondary N) is 2. The molecular formula is C14H19F3N2O2. The third kappa shape index (κ3) is 5.18. The van der Waals surface area contributed by atoms with Crippen LogP contribution in [0.1, 0.15) is 12.0 Å². The lowest BCUT2D eigenvalue weighted by Crippen LogP contribution is -2.42. The summed E-state index contributed by atoms with van der Waals surface area (Å²) in [4.78, 5) is 0. The zero-order valence-electron chi connectivity index (χ0n) is 11.5. The Balaban J connectivity index is 1.83. The van der Waals surface area contributed by atoms with Crippen LogP contribution in [0.5, 0.6) is 5.75 Å². The van der Waals surface area contributed by atoms with Crippen molar-refractivity contribution in [1.82, 2.24) is 10.6 Å². The minimum atomic E-state index is -4.69. The molecule has 1 saturated heterocycles. The number of aliphatic hydroxyl groups is 1. The van der Waals surface area contributed by atoms with Crippen molar-refractivity contribution >= 4 is 0 Å². The molecule has 1 aromatic rings. The molecule has 1 fully saturated rings. The largest absolute Gasteiger partial charge is 0.573 e. The van der Waals surface area contributed by atoms with Crippen LogP contribution in [-0.4, -0.2) is 43.2 Å². The van der Waals surface area contributed by atoms with E-state index in [0.717, 1.165) is 6.54 Å². The number of hydrogen-bond donors (Lipinski definition) is 3. The van der Waals surface area contributed by atoms with Crippen LogP contribution in [0.3, 0.4) is 0 Å². The van der Waals surface area contributed by atoms with E-state index >= 15 is 0 Å². The van der Waals surface area contributed by atoms with Gasteiger partial charge in [0.1, 0.15) is 5.75 Å². The predicted octanol–water partition coefficient (Wildman–Crippen LogP) is 1.44. The monoisotopic (exact) mass is 304 g/mol. The van der Waals surface area contributed by atoms with Crippen molar-refractivity contribution in [2.45, 2.75) is 24.8 Å². The van der Waals surface area contributed by atoms with Gasteiger partial charge in [0.05, 0.1) is 5.60 Å². The van der Waals surface area contributed by atoms with E-state index < -0.39 is 12.0 Å². The quantitative estimate of drug-likeness (QED) is 0.696. The average Bonchev–Trinajstić information content (AvgIpc) is 2.82. The number of ether oxygens (including phenoxy) is 1. The normalized spacial score (nSPS) is 22.5. The van der Waals surface area contributed by atoms with E-state index in [1.54, 1.807) is 12.1 Å². The van der Waals surface area contributed by atoms with Crippen molar-refractivity contribution in [3.05, 3.63) is 29.8 Å². The fraction of sp³-hybridized carbons (Fsp3) is 0.571. The molecule has 0 amide bonds. The van der Waals surface area contributed by atoms with Gasteiger partial charge in [-0.3, -0.25) is 0 Å². The number of β-amino-alcohol motifs (C(OH)–C–C–N with tert-alkyl or cyclic N) is 1. The van der Waals surface area contributed by atoms with Crippen LogP contribution in [-0.2, 0) is 6.42 Å². The van der Waals surface area contributed by atoms with E-state index in [4.69, 9.17) is 0 Å². The first-order valence-electron chi connectivity index (χ1n) is 6.85. The molecule has 0 saturated carbocycles. The van der Waals surface area contributed by atoms with Gasteiger partial charge in [-0.15, -0.1) is 13.2 Å². The number of hydrogen-bond acceptors (Lipinski definition) is 4. The number of alkyl halides is 3. The van der Waals surface area contributed by atoms with Crippen LogP contribution >= 0.6 is 0 Å². The fourth-order valence-corrected chi connectivity index (χ4v) is 2.36.